The highest BCUT2D eigenvalue weighted by Crippen LogP contribution is 2.25. The lowest BCUT2D eigenvalue weighted by molar-refractivity contribution is -0.0201. The molecule has 15 heavy (non-hydrogen) atoms. The van der Waals surface area contributed by atoms with Crippen LogP contribution < -0.4 is 11.1 Å². The molecule has 0 saturated carbocycles. The zero-order chi connectivity index (χ0) is 11.5. The Morgan fingerprint density at radius 3 is 2.87 bits per heavy atom. The Morgan fingerprint density at radius 2 is 2.40 bits per heavy atom. The molecule has 1 aliphatic heterocycles. The highest BCUT2D eigenvalue weighted by atomic mass is 16.5. The van der Waals surface area contributed by atoms with Crippen LogP contribution in [0.4, 0.5) is 0 Å². The molecule has 4 N–H and O–H groups in total. The predicted molar refractivity (Wildman–Crippen MR) is 59.7 cm³/mol. The summed E-state index contributed by atoms with van der Waals surface area (Å²) < 4.78 is 5.30. The highest BCUT2D eigenvalue weighted by molar-refractivity contribution is 5.78. The highest BCUT2D eigenvalue weighted by Gasteiger charge is 2.39. The molecule has 88 valence electrons. The van der Waals surface area contributed by atoms with Crippen LogP contribution in [0.5, 0.6) is 0 Å². The summed E-state index contributed by atoms with van der Waals surface area (Å²) in [7, 11) is 0. The number of guanidine groups is 1. The van der Waals surface area contributed by atoms with E-state index >= 15 is 0 Å². The van der Waals surface area contributed by atoms with Crippen LogP contribution in [0, 0.1) is 0 Å². The minimum Gasteiger partial charge on any atom is -0.385 e. The molecule has 1 saturated heterocycles. The molecule has 1 fully saturated rings. The second kappa shape index (κ2) is 4.81. The van der Waals surface area contributed by atoms with Gasteiger partial charge >= 0.3 is 0 Å². The molecule has 0 bridgehead atoms. The van der Waals surface area contributed by atoms with Gasteiger partial charge in [0.15, 0.2) is 5.96 Å². The molecule has 1 rings (SSSR count). The first-order valence-electron chi connectivity index (χ1n) is 5.34. The number of hydrogen-bond acceptors (Lipinski definition) is 3. The standard InChI is InChI=1S/C10H21N3O2/c1-7(2)13-9(11)12-6-10(14)4-5-15-8(10)3/h7-8,14H,4-6H2,1-3H3,(H3,11,12,13). The molecule has 1 aliphatic rings. The lowest BCUT2D eigenvalue weighted by atomic mass is 9.97. The minimum atomic E-state index is -0.858. The van der Waals surface area contributed by atoms with Crippen LogP contribution in [0.1, 0.15) is 27.2 Å². The number of hydrogen-bond donors (Lipinski definition) is 3. The zero-order valence-electron chi connectivity index (χ0n) is 9.66. The predicted octanol–water partition coefficient (Wildman–Crippen LogP) is -0.161. The second-order valence-electron chi connectivity index (χ2n) is 4.37. The summed E-state index contributed by atoms with van der Waals surface area (Å²) in [6.45, 7) is 6.70. The largest absolute Gasteiger partial charge is 0.385 e. The molecular weight excluding hydrogens is 194 g/mol. The number of nitrogens with one attached hydrogen (secondary N) is 1. The van der Waals surface area contributed by atoms with Crippen LogP contribution in [0.15, 0.2) is 4.99 Å². The first-order chi connectivity index (χ1) is 6.94. The molecule has 0 aromatic rings. The number of aliphatic imine (C=N–C) groups is 1. The lowest BCUT2D eigenvalue weighted by Crippen LogP contribution is -2.42. The number of rotatable bonds is 3. The first kappa shape index (κ1) is 12.3. The van der Waals surface area contributed by atoms with Crippen LogP contribution in [0.25, 0.3) is 0 Å². The number of aliphatic hydroxyl groups is 1. The Kier molecular flexibility index (Phi) is 3.93. The monoisotopic (exact) mass is 215 g/mol. The van der Waals surface area contributed by atoms with Crippen molar-refractivity contribution in [3.63, 3.8) is 0 Å². The van der Waals surface area contributed by atoms with Gasteiger partial charge in [0.25, 0.3) is 0 Å². The van der Waals surface area contributed by atoms with Gasteiger partial charge in [0.1, 0.15) is 5.60 Å². The van der Waals surface area contributed by atoms with Crippen LogP contribution in [0.2, 0.25) is 0 Å². The third-order valence-corrected chi connectivity index (χ3v) is 2.62. The molecule has 0 amide bonds. The van der Waals surface area contributed by atoms with E-state index in [4.69, 9.17) is 10.5 Å². The lowest BCUT2D eigenvalue weighted by Gasteiger charge is -2.24. The van der Waals surface area contributed by atoms with Gasteiger partial charge in [-0.2, -0.15) is 0 Å². The van der Waals surface area contributed by atoms with Gasteiger partial charge < -0.3 is 20.9 Å². The van der Waals surface area contributed by atoms with E-state index in [-0.39, 0.29) is 12.1 Å². The summed E-state index contributed by atoms with van der Waals surface area (Å²) in [5.41, 5.74) is 4.79. The smallest absolute Gasteiger partial charge is 0.188 e. The summed E-state index contributed by atoms with van der Waals surface area (Å²) in [5, 5.41) is 13.1. The summed E-state index contributed by atoms with van der Waals surface area (Å²) in [6, 6.07) is 0.251. The van der Waals surface area contributed by atoms with Crippen molar-refractivity contribution >= 4 is 5.96 Å². The fourth-order valence-corrected chi connectivity index (χ4v) is 1.54. The van der Waals surface area contributed by atoms with E-state index in [9.17, 15) is 5.11 Å². The molecule has 5 heteroatoms. The van der Waals surface area contributed by atoms with E-state index in [1.54, 1.807) is 0 Å². The number of nitrogens with zero attached hydrogens (tertiary/aromatic N) is 1. The van der Waals surface area contributed by atoms with Gasteiger partial charge in [-0.25, -0.2) is 0 Å². The molecule has 1 heterocycles. The van der Waals surface area contributed by atoms with Gasteiger partial charge in [-0.1, -0.05) is 0 Å². The van der Waals surface area contributed by atoms with Gasteiger partial charge in [-0.05, 0) is 20.8 Å². The summed E-state index contributed by atoms with van der Waals surface area (Å²) in [6.07, 6.45) is 0.445. The molecule has 0 spiro atoms. The third-order valence-electron chi connectivity index (χ3n) is 2.62. The van der Waals surface area contributed by atoms with Crippen LogP contribution in [0.3, 0.4) is 0 Å². The van der Waals surface area contributed by atoms with E-state index in [0.29, 0.717) is 25.5 Å². The molecule has 5 nitrogen and oxygen atoms in total. The van der Waals surface area contributed by atoms with Crippen molar-refractivity contribution in [3.8, 4) is 0 Å². The van der Waals surface area contributed by atoms with E-state index in [1.807, 2.05) is 20.8 Å². The Labute approximate surface area is 90.7 Å². The van der Waals surface area contributed by atoms with Crippen molar-refractivity contribution < 1.29 is 9.84 Å². The van der Waals surface area contributed by atoms with Crippen molar-refractivity contribution in [3.05, 3.63) is 0 Å². The molecule has 0 aromatic carbocycles. The fourth-order valence-electron chi connectivity index (χ4n) is 1.54. The van der Waals surface area contributed by atoms with Gasteiger partial charge in [0.2, 0.25) is 0 Å². The van der Waals surface area contributed by atoms with Gasteiger partial charge in [0, 0.05) is 19.1 Å². The van der Waals surface area contributed by atoms with E-state index in [2.05, 4.69) is 10.3 Å². The SMILES string of the molecule is CC(C)NC(N)=NCC1(O)CCOC1C. The van der Waals surface area contributed by atoms with Crippen LogP contribution >= 0.6 is 0 Å². The maximum atomic E-state index is 10.1. The zero-order valence-corrected chi connectivity index (χ0v) is 9.66. The molecule has 0 aliphatic carbocycles. The topological polar surface area (TPSA) is 79.9 Å². The molecule has 2 atom stereocenters. The molecule has 2 unspecified atom stereocenters. The van der Waals surface area contributed by atoms with E-state index in [0.717, 1.165) is 0 Å². The van der Waals surface area contributed by atoms with Gasteiger partial charge in [-0.15, -0.1) is 0 Å². The second-order valence-corrected chi connectivity index (χ2v) is 4.37. The Balaban J connectivity index is 2.47. The average Bonchev–Trinajstić information content (AvgIpc) is 2.44. The summed E-state index contributed by atoms with van der Waals surface area (Å²) in [5.74, 6) is 0.373. The molecular formula is C10H21N3O2. The number of ether oxygens (including phenoxy) is 1. The van der Waals surface area contributed by atoms with Crippen molar-refractivity contribution in [1.29, 1.82) is 0 Å². The Bertz CT molecular complexity index is 243. The normalized spacial score (nSPS) is 32.3. The number of nitrogens with two attached hydrogens (primary N) is 1. The van der Waals surface area contributed by atoms with E-state index < -0.39 is 5.60 Å². The molecule has 0 radical (unpaired) electrons. The third kappa shape index (κ3) is 3.35. The fraction of sp³-hybridized carbons (Fsp3) is 0.900. The Morgan fingerprint density at radius 1 is 1.73 bits per heavy atom. The van der Waals surface area contributed by atoms with Crippen molar-refractivity contribution in [2.24, 2.45) is 10.7 Å². The minimum absolute atomic E-state index is 0.173. The maximum absolute atomic E-state index is 10.1. The maximum Gasteiger partial charge on any atom is 0.188 e. The first-order valence-corrected chi connectivity index (χ1v) is 5.34. The Hall–Kier alpha value is -0.810. The average molecular weight is 215 g/mol. The van der Waals surface area contributed by atoms with Crippen molar-refractivity contribution in [1.82, 2.24) is 5.32 Å². The van der Waals surface area contributed by atoms with Crippen LogP contribution in [-0.2, 0) is 4.74 Å². The van der Waals surface area contributed by atoms with Gasteiger partial charge in [-0.3, -0.25) is 4.99 Å². The summed E-state index contributed by atoms with van der Waals surface area (Å²) in [4.78, 5) is 4.12. The van der Waals surface area contributed by atoms with Crippen molar-refractivity contribution in [2.75, 3.05) is 13.2 Å². The van der Waals surface area contributed by atoms with Crippen LogP contribution in [-0.4, -0.2) is 42.0 Å². The van der Waals surface area contributed by atoms with Crippen molar-refractivity contribution in [2.45, 2.75) is 44.9 Å². The molecule has 0 aromatic heterocycles. The van der Waals surface area contributed by atoms with E-state index in [1.165, 1.54) is 0 Å². The summed E-state index contributed by atoms with van der Waals surface area (Å²) >= 11 is 0. The quantitative estimate of drug-likeness (QED) is 0.451. The van der Waals surface area contributed by atoms with Gasteiger partial charge in [0.05, 0.1) is 12.6 Å².